The van der Waals surface area contributed by atoms with Crippen LogP contribution in [0, 0.1) is 0 Å². The maximum absolute atomic E-state index is 12.4. The van der Waals surface area contributed by atoms with E-state index in [9.17, 15) is 19.8 Å². The molecule has 0 aromatic rings. The van der Waals surface area contributed by atoms with E-state index in [1.807, 2.05) is 6.08 Å². The molecule has 6 heteroatoms. The number of aliphatic hydroxyl groups excluding tert-OH is 2. The van der Waals surface area contributed by atoms with Crippen molar-refractivity contribution in [2.45, 2.75) is 283 Å². The third-order valence-corrected chi connectivity index (χ3v) is 11.9. The number of aliphatic hydroxyl groups is 2. The van der Waals surface area contributed by atoms with Crippen molar-refractivity contribution in [2.24, 2.45) is 0 Å². The molecule has 2 unspecified atom stereocenters. The number of hydrogen-bond donors (Lipinski definition) is 3. The minimum Gasteiger partial charge on any atom is -0.466 e. The fourth-order valence-electron chi connectivity index (χ4n) is 7.80. The van der Waals surface area contributed by atoms with E-state index in [0.29, 0.717) is 19.4 Å². The smallest absolute Gasteiger partial charge is 0.305 e. The second-order valence-electron chi connectivity index (χ2n) is 17.8. The van der Waals surface area contributed by atoms with Crippen molar-refractivity contribution in [3.8, 4) is 0 Å². The first-order valence-corrected chi connectivity index (χ1v) is 26.3. The molecule has 0 bridgehead atoms. The van der Waals surface area contributed by atoms with Crippen LogP contribution in [0.2, 0.25) is 0 Å². The first-order valence-electron chi connectivity index (χ1n) is 26.3. The minimum absolute atomic E-state index is 0.0120. The fourth-order valence-corrected chi connectivity index (χ4v) is 7.80. The molecule has 0 aliphatic carbocycles. The first-order chi connectivity index (χ1) is 29.5. The predicted octanol–water partition coefficient (Wildman–Crippen LogP) is 15.7. The number of allylic oxidation sites excluding steroid dienone is 5. The summed E-state index contributed by atoms with van der Waals surface area (Å²) in [6, 6.07) is -0.639. The van der Waals surface area contributed by atoms with Crippen LogP contribution in [0.1, 0.15) is 271 Å². The van der Waals surface area contributed by atoms with Gasteiger partial charge < -0.3 is 20.3 Å². The maximum atomic E-state index is 12.4. The Bertz CT molecular complexity index is 977. The Hall–Kier alpha value is -1.92. The normalized spacial score (nSPS) is 12.9. The summed E-state index contributed by atoms with van der Waals surface area (Å²) in [5.41, 5.74) is 0. The fraction of sp³-hybridized carbons (Fsp3) is 0.852. The summed E-state index contributed by atoms with van der Waals surface area (Å²) >= 11 is 0. The molecule has 0 saturated carbocycles. The van der Waals surface area contributed by atoms with Gasteiger partial charge in [0.25, 0.3) is 0 Å². The van der Waals surface area contributed by atoms with Gasteiger partial charge >= 0.3 is 5.97 Å². The zero-order valence-electron chi connectivity index (χ0n) is 39.9. The second-order valence-corrected chi connectivity index (χ2v) is 17.8. The molecule has 2 atom stereocenters. The topological polar surface area (TPSA) is 95.9 Å². The van der Waals surface area contributed by atoms with E-state index in [1.165, 1.54) is 180 Å². The summed E-state index contributed by atoms with van der Waals surface area (Å²) in [6.07, 6.45) is 60.1. The van der Waals surface area contributed by atoms with E-state index in [1.54, 1.807) is 6.08 Å². The van der Waals surface area contributed by atoms with Crippen LogP contribution < -0.4 is 5.32 Å². The third-order valence-electron chi connectivity index (χ3n) is 11.9. The zero-order chi connectivity index (χ0) is 43.7. The van der Waals surface area contributed by atoms with Gasteiger partial charge in [0, 0.05) is 12.8 Å². The number of carbonyl (C=O) groups is 2. The third kappa shape index (κ3) is 45.6. The molecule has 3 N–H and O–H groups in total. The number of unbranched alkanes of at least 4 members (excludes halogenated alkanes) is 33. The van der Waals surface area contributed by atoms with Crippen LogP contribution in [0.25, 0.3) is 0 Å². The number of nitrogens with one attached hydrogen (secondary N) is 1. The molecule has 0 spiro atoms. The first kappa shape index (κ1) is 58.1. The lowest BCUT2D eigenvalue weighted by Crippen LogP contribution is -2.45. The SMILES string of the molecule is CCCCCCCCC/C=C\CCCCCCCC(=O)OCCCCCCCCC/C=C\CCCCCCCC(=O)NC(CO)C(O)/C=C/CCCCCCCCCCC. The van der Waals surface area contributed by atoms with E-state index in [2.05, 4.69) is 43.5 Å². The van der Waals surface area contributed by atoms with Crippen molar-refractivity contribution in [2.75, 3.05) is 13.2 Å². The number of amides is 1. The Morgan fingerprint density at radius 3 is 1.18 bits per heavy atom. The van der Waals surface area contributed by atoms with Crippen LogP contribution in [0.4, 0.5) is 0 Å². The molecule has 0 aromatic heterocycles. The maximum Gasteiger partial charge on any atom is 0.305 e. The number of carbonyl (C=O) groups excluding carboxylic acids is 2. The molecule has 0 fully saturated rings. The van der Waals surface area contributed by atoms with Crippen LogP contribution in [-0.2, 0) is 14.3 Å². The average molecular weight is 844 g/mol. The van der Waals surface area contributed by atoms with Crippen molar-refractivity contribution in [3.63, 3.8) is 0 Å². The summed E-state index contributed by atoms with van der Waals surface area (Å²) in [5, 5.41) is 23.0. The molecule has 6 nitrogen and oxygen atoms in total. The summed E-state index contributed by atoms with van der Waals surface area (Å²) in [4.78, 5) is 24.4. The van der Waals surface area contributed by atoms with E-state index in [-0.39, 0.29) is 18.5 Å². The van der Waals surface area contributed by atoms with E-state index in [4.69, 9.17) is 4.74 Å². The summed E-state index contributed by atoms with van der Waals surface area (Å²) in [5.74, 6) is -0.0994. The molecule has 0 aromatic carbocycles. The second kappa shape index (κ2) is 49.7. The predicted molar refractivity (Wildman–Crippen MR) is 259 cm³/mol. The molecule has 0 aliphatic heterocycles. The Morgan fingerprint density at radius 2 is 0.783 bits per heavy atom. The molecule has 0 heterocycles. The number of hydrogen-bond acceptors (Lipinski definition) is 5. The van der Waals surface area contributed by atoms with Gasteiger partial charge in [0.05, 0.1) is 25.4 Å². The van der Waals surface area contributed by atoms with Gasteiger partial charge in [-0.25, -0.2) is 0 Å². The quantitative estimate of drug-likeness (QED) is 0.0322. The van der Waals surface area contributed by atoms with Crippen LogP contribution >= 0.6 is 0 Å². The van der Waals surface area contributed by atoms with E-state index in [0.717, 1.165) is 64.2 Å². The van der Waals surface area contributed by atoms with Gasteiger partial charge in [-0.15, -0.1) is 0 Å². The van der Waals surface area contributed by atoms with Crippen LogP contribution in [0.3, 0.4) is 0 Å². The Balaban J connectivity index is 3.48. The monoisotopic (exact) mass is 844 g/mol. The Morgan fingerprint density at radius 1 is 0.450 bits per heavy atom. The lowest BCUT2D eigenvalue weighted by atomic mass is 10.1. The molecule has 0 rings (SSSR count). The van der Waals surface area contributed by atoms with Gasteiger partial charge in [0.1, 0.15) is 0 Å². The van der Waals surface area contributed by atoms with Gasteiger partial charge in [-0.2, -0.15) is 0 Å². The highest BCUT2D eigenvalue weighted by atomic mass is 16.5. The minimum atomic E-state index is -0.854. The molecule has 0 saturated heterocycles. The molecule has 0 radical (unpaired) electrons. The van der Waals surface area contributed by atoms with Crippen molar-refractivity contribution in [3.05, 3.63) is 36.5 Å². The highest BCUT2D eigenvalue weighted by molar-refractivity contribution is 5.76. The van der Waals surface area contributed by atoms with Gasteiger partial charge in [0.15, 0.2) is 0 Å². The van der Waals surface area contributed by atoms with Crippen molar-refractivity contribution >= 4 is 11.9 Å². The number of esters is 1. The molecule has 0 aliphatic rings. The molecular weight excluding hydrogens is 743 g/mol. The highest BCUT2D eigenvalue weighted by Gasteiger charge is 2.18. The molecular formula is C54H101NO5. The lowest BCUT2D eigenvalue weighted by molar-refractivity contribution is -0.143. The largest absolute Gasteiger partial charge is 0.466 e. The summed E-state index contributed by atoms with van der Waals surface area (Å²) < 4.78 is 5.46. The van der Waals surface area contributed by atoms with Crippen LogP contribution in [-0.4, -0.2) is 47.4 Å². The van der Waals surface area contributed by atoms with Crippen LogP contribution in [0.5, 0.6) is 0 Å². The van der Waals surface area contributed by atoms with Crippen molar-refractivity contribution < 1.29 is 24.5 Å². The Kier molecular flexibility index (Phi) is 48.1. The van der Waals surface area contributed by atoms with E-state index >= 15 is 0 Å². The zero-order valence-corrected chi connectivity index (χ0v) is 39.9. The van der Waals surface area contributed by atoms with Gasteiger partial charge in [-0.1, -0.05) is 211 Å². The van der Waals surface area contributed by atoms with E-state index < -0.39 is 12.1 Å². The lowest BCUT2D eigenvalue weighted by Gasteiger charge is -2.20. The molecule has 352 valence electrons. The highest BCUT2D eigenvalue weighted by Crippen LogP contribution is 2.14. The molecule has 1 amide bonds. The number of rotatable bonds is 48. The standard InChI is InChI=1S/C54H101NO5/c1-3-5-7-9-11-13-15-16-17-21-24-28-32-36-40-44-48-54(59)60-49-45-41-37-33-29-25-22-19-18-20-23-27-31-35-39-43-47-53(58)55-51(50-56)52(57)46-42-38-34-30-26-14-12-10-8-6-4-2/h17-18,20-21,42,46,51-52,56-57H,3-16,19,22-41,43-45,47-50H2,1-2H3,(H,55,58)/b20-18-,21-17-,46-42+. The summed E-state index contributed by atoms with van der Waals surface area (Å²) in [7, 11) is 0. The average Bonchev–Trinajstić information content (AvgIpc) is 3.25. The Labute approximate surface area is 373 Å². The van der Waals surface area contributed by atoms with Gasteiger partial charge in [-0.3, -0.25) is 9.59 Å². The van der Waals surface area contributed by atoms with Crippen molar-refractivity contribution in [1.29, 1.82) is 0 Å². The molecule has 60 heavy (non-hydrogen) atoms. The van der Waals surface area contributed by atoms with Gasteiger partial charge in [-0.05, 0) is 83.5 Å². The number of ether oxygens (including phenoxy) is 1. The van der Waals surface area contributed by atoms with Crippen molar-refractivity contribution in [1.82, 2.24) is 5.32 Å². The van der Waals surface area contributed by atoms with Gasteiger partial charge in [0.2, 0.25) is 5.91 Å². The van der Waals surface area contributed by atoms with Crippen LogP contribution in [0.15, 0.2) is 36.5 Å². The summed E-state index contributed by atoms with van der Waals surface area (Å²) in [6.45, 7) is 4.85.